The number of benzene rings is 2. The summed E-state index contributed by atoms with van der Waals surface area (Å²) in [6, 6.07) is 13.5. The first-order chi connectivity index (χ1) is 20.6. The van der Waals surface area contributed by atoms with Crippen molar-refractivity contribution in [2.45, 2.75) is 38.6 Å². The SMILES string of the molecule is NCCOCCOCCNC(=O)c1cccc(Nc2nc(NCc3cccc(F)c3)nc(NCC3CCCCC3)n2)c1. The Morgan fingerprint density at radius 2 is 1.62 bits per heavy atom. The molecule has 3 aromatic rings. The number of anilines is 4. The Kier molecular flexibility index (Phi) is 12.7. The number of hydrogen-bond acceptors (Lipinski definition) is 10. The second-order valence-electron chi connectivity index (χ2n) is 10.1. The first-order valence-corrected chi connectivity index (χ1v) is 14.6. The molecule has 0 spiro atoms. The molecule has 226 valence electrons. The van der Waals surface area contributed by atoms with E-state index >= 15 is 0 Å². The van der Waals surface area contributed by atoms with Gasteiger partial charge in [0.2, 0.25) is 17.8 Å². The molecule has 0 aliphatic heterocycles. The number of rotatable bonds is 17. The zero-order valence-corrected chi connectivity index (χ0v) is 23.9. The molecule has 1 heterocycles. The molecule has 1 saturated carbocycles. The Morgan fingerprint density at radius 3 is 2.40 bits per heavy atom. The van der Waals surface area contributed by atoms with Crippen LogP contribution in [-0.4, -0.2) is 66.9 Å². The van der Waals surface area contributed by atoms with Gasteiger partial charge >= 0.3 is 0 Å². The smallest absolute Gasteiger partial charge is 0.251 e. The van der Waals surface area contributed by atoms with Gasteiger partial charge in [0.05, 0.1) is 26.4 Å². The Hall–Kier alpha value is -3.87. The van der Waals surface area contributed by atoms with E-state index in [1.807, 2.05) is 12.1 Å². The number of aromatic nitrogens is 3. The van der Waals surface area contributed by atoms with Crippen LogP contribution >= 0.6 is 0 Å². The third-order valence-electron chi connectivity index (χ3n) is 6.80. The third-order valence-corrected chi connectivity index (χ3v) is 6.80. The highest BCUT2D eigenvalue weighted by Crippen LogP contribution is 2.24. The lowest BCUT2D eigenvalue weighted by molar-refractivity contribution is 0.0511. The lowest BCUT2D eigenvalue weighted by atomic mass is 9.89. The summed E-state index contributed by atoms with van der Waals surface area (Å²) in [7, 11) is 0. The molecule has 2 aromatic carbocycles. The number of halogens is 1. The molecule has 1 amide bonds. The number of amides is 1. The number of ether oxygens (including phenoxy) is 2. The number of carbonyl (C=O) groups is 1. The molecule has 1 aliphatic rings. The maximum absolute atomic E-state index is 13.7. The number of hydrogen-bond donors (Lipinski definition) is 5. The lowest BCUT2D eigenvalue weighted by Crippen LogP contribution is -2.27. The predicted octanol–water partition coefficient (Wildman–Crippen LogP) is 4.08. The number of carbonyl (C=O) groups excluding carboxylic acids is 1. The molecule has 42 heavy (non-hydrogen) atoms. The molecule has 0 bridgehead atoms. The number of nitrogens with one attached hydrogen (secondary N) is 4. The van der Waals surface area contributed by atoms with Crippen LogP contribution in [0.2, 0.25) is 0 Å². The normalized spacial score (nSPS) is 13.5. The van der Waals surface area contributed by atoms with Crippen molar-refractivity contribution in [1.29, 1.82) is 0 Å². The first-order valence-electron chi connectivity index (χ1n) is 14.6. The van der Waals surface area contributed by atoms with E-state index in [9.17, 15) is 9.18 Å². The fourth-order valence-electron chi connectivity index (χ4n) is 4.66. The van der Waals surface area contributed by atoms with Crippen LogP contribution in [0.4, 0.5) is 27.9 Å². The van der Waals surface area contributed by atoms with Gasteiger partial charge in [-0.25, -0.2) is 4.39 Å². The van der Waals surface area contributed by atoms with Crippen molar-refractivity contribution in [3.63, 3.8) is 0 Å². The van der Waals surface area contributed by atoms with Crippen LogP contribution in [0.3, 0.4) is 0 Å². The minimum atomic E-state index is -0.300. The zero-order valence-electron chi connectivity index (χ0n) is 23.9. The molecule has 0 saturated heterocycles. The summed E-state index contributed by atoms with van der Waals surface area (Å²) in [5.41, 5.74) is 7.28. The van der Waals surface area contributed by atoms with E-state index < -0.39 is 0 Å². The predicted molar refractivity (Wildman–Crippen MR) is 161 cm³/mol. The van der Waals surface area contributed by atoms with Crippen LogP contribution in [0.15, 0.2) is 48.5 Å². The van der Waals surface area contributed by atoms with Crippen molar-refractivity contribution in [1.82, 2.24) is 20.3 Å². The maximum atomic E-state index is 13.7. The van der Waals surface area contributed by atoms with E-state index in [1.165, 1.54) is 44.2 Å². The topological polar surface area (TPSA) is 148 Å². The van der Waals surface area contributed by atoms with E-state index in [0.717, 1.165) is 12.1 Å². The van der Waals surface area contributed by atoms with Gasteiger partial charge in [-0.05, 0) is 54.7 Å². The average molecular weight is 581 g/mol. The monoisotopic (exact) mass is 580 g/mol. The molecular formula is C30H41FN8O3. The van der Waals surface area contributed by atoms with Gasteiger partial charge in [-0.3, -0.25) is 4.79 Å². The molecular weight excluding hydrogens is 539 g/mol. The lowest BCUT2D eigenvalue weighted by Gasteiger charge is -2.21. The summed E-state index contributed by atoms with van der Waals surface area (Å²) < 4.78 is 24.4. The van der Waals surface area contributed by atoms with Gasteiger partial charge in [0.25, 0.3) is 5.91 Å². The summed E-state index contributed by atoms with van der Waals surface area (Å²) in [6.45, 7) is 3.77. The molecule has 1 fully saturated rings. The summed E-state index contributed by atoms with van der Waals surface area (Å²) in [5, 5.41) is 12.6. The number of nitrogens with two attached hydrogens (primary N) is 1. The highest BCUT2D eigenvalue weighted by molar-refractivity contribution is 5.95. The van der Waals surface area contributed by atoms with Gasteiger partial charge < -0.3 is 36.5 Å². The molecule has 6 N–H and O–H groups in total. The standard InChI is InChI=1S/C30H41FN8O3/c31-25-10-4-8-23(18-25)21-35-29-37-28(34-20-22-6-2-1-3-7-22)38-30(39-29)36-26-11-5-9-24(19-26)27(40)33-13-15-42-17-16-41-14-12-32/h4-5,8-11,18-19,22H,1-3,6-7,12-17,20-21,32H2,(H,33,40)(H3,34,35,36,37,38,39). The van der Waals surface area contributed by atoms with Gasteiger partial charge in [-0.2, -0.15) is 15.0 Å². The highest BCUT2D eigenvalue weighted by atomic mass is 19.1. The fraction of sp³-hybridized carbons (Fsp3) is 0.467. The summed E-state index contributed by atoms with van der Waals surface area (Å²) in [6.07, 6.45) is 6.17. The van der Waals surface area contributed by atoms with E-state index in [0.29, 0.717) is 81.1 Å². The van der Waals surface area contributed by atoms with E-state index in [1.54, 1.807) is 24.3 Å². The molecule has 0 radical (unpaired) electrons. The van der Waals surface area contributed by atoms with Gasteiger partial charge in [-0.15, -0.1) is 0 Å². The summed E-state index contributed by atoms with van der Waals surface area (Å²) in [4.78, 5) is 26.3. The van der Waals surface area contributed by atoms with Crippen molar-refractivity contribution in [3.8, 4) is 0 Å². The quantitative estimate of drug-likeness (QED) is 0.148. The Balaban J connectivity index is 1.37. The second kappa shape index (κ2) is 17.2. The Morgan fingerprint density at radius 1 is 0.881 bits per heavy atom. The van der Waals surface area contributed by atoms with Crippen LogP contribution < -0.4 is 27.0 Å². The highest BCUT2D eigenvalue weighted by Gasteiger charge is 2.15. The van der Waals surface area contributed by atoms with Crippen LogP contribution in [0.25, 0.3) is 0 Å². The van der Waals surface area contributed by atoms with E-state index in [4.69, 9.17) is 15.2 Å². The average Bonchev–Trinajstić information content (AvgIpc) is 3.01. The second-order valence-corrected chi connectivity index (χ2v) is 10.1. The van der Waals surface area contributed by atoms with Gasteiger partial charge in [-0.1, -0.05) is 37.5 Å². The van der Waals surface area contributed by atoms with Crippen molar-refractivity contribution in [3.05, 3.63) is 65.5 Å². The van der Waals surface area contributed by atoms with Crippen molar-refractivity contribution in [2.24, 2.45) is 11.7 Å². The molecule has 0 unspecified atom stereocenters. The van der Waals surface area contributed by atoms with E-state index in [-0.39, 0.29) is 11.7 Å². The van der Waals surface area contributed by atoms with E-state index in [2.05, 4.69) is 36.2 Å². The largest absolute Gasteiger partial charge is 0.378 e. The Bertz CT molecular complexity index is 1260. The van der Waals surface area contributed by atoms with Crippen molar-refractivity contribution in [2.75, 3.05) is 62.0 Å². The number of nitrogens with zero attached hydrogens (tertiary/aromatic N) is 3. The summed E-state index contributed by atoms with van der Waals surface area (Å²) >= 11 is 0. The van der Waals surface area contributed by atoms with Crippen LogP contribution in [0, 0.1) is 11.7 Å². The minimum absolute atomic E-state index is 0.218. The molecule has 11 nitrogen and oxygen atoms in total. The first kappa shape index (κ1) is 31.1. The Labute approximate surface area is 246 Å². The van der Waals surface area contributed by atoms with Crippen LogP contribution in [0.5, 0.6) is 0 Å². The summed E-state index contributed by atoms with van der Waals surface area (Å²) in [5.74, 6) is 1.19. The van der Waals surface area contributed by atoms with Gasteiger partial charge in [0.15, 0.2) is 0 Å². The zero-order chi connectivity index (χ0) is 29.4. The minimum Gasteiger partial charge on any atom is -0.378 e. The molecule has 12 heteroatoms. The van der Waals surface area contributed by atoms with Gasteiger partial charge in [0.1, 0.15) is 5.82 Å². The van der Waals surface area contributed by atoms with Gasteiger partial charge in [0, 0.05) is 37.4 Å². The third kappa shape index (κ3) is 10.8. The van der Waals surface area contributed by atoms with Crippen molar-refractivity contribution < 1.29 is 18.7 Å². The van der Waals surface area contributed by atoms with Crippen molar-refractivity contribution >= 4 is 29.4 Å². The van der Waals surface area contributed by atoms with Crippen LogP contribution in [-0.2, 0) is 16.0 Å². The molecule has 1 aromatic heterocycles. The fourth-order valence-corrected chi connectivity index (χ4v) is 4.66. The maximum Gasteiger partial charge on any atom is 0.251 e. The molecule has 0 atom stereocenters. The molecule has 4 rings (SSSR count). The molecule has 1 aliphatic carbocycles. The van der Waals surface area contributed by atoms with Crippen LogP contribution in [0.1, 0.15) is 48.0 Å².